The summed E-state index contributed by atoms with van der Waals surface area (Å²) in [5.41, 5.74) is 2.18. The average Bonchev–Trinajstić information content (AvgIpc) is 2.43. The molecule has 0 aromatic heterocycles. The van der Waals surface area contributed by atoms with E-state index in [9.17, 15) is 8.78 Å². The van der Waals surface area contributed by atoms with Gasteiger partial charge in [0.25, 0.3) is 0 Å². The highest BCUT2D eigenvalue weighted by atomic mass is 19.1. The van der Waals surface area contributed by atoms with Crippen molar-refractivity contribution < 1.29 is 13.9 Å². The van der Waals surface area contributed by atoms with E-state index >= 15 is 0 Å². The SMILES string of the molecule is Cc1cc(F)c(C(C)Nc2ccc(CO)cc2)cc1F. The first-order valence-electron chi connectivity index (χ1n) is 6.43. The van der Waals surface area contributed by atoms with Crippen LogP contribution in [0.2, 0.25) is 0 Å². The van der Waals surface area contributed by atoms with Gasteiger partial charge >= 0.3 is 0 Å². The van der Waals surface area contributed by atoms with Crippen molar-refractivity contribution in [3.05, 3.63) is 64.7 Å². The Kier molecular flexibility index (Phi) is 4.35. The van der Waals surface area contributed by atoms with Crippen molar-refractivity contribution in [1.82, 2.24) is 0 Å². The van der Waals surface area contributed by atoms with E-state index in [0.29, 0.717) is 11.1 Å². The largest absolute Gasteiger partial charge is 0.392 e. The van der Waals surface area contributed by atoms with Gasteiger partial charge in [-0.3, -0.25) is 0 Å². The first-order valence-corrected chi connectivity index (χ1v) is 6.43. The molecule has 2 aromatic rings. The van der Waals surface area contributed by atoms with Gasteiger partial charge in [-0.15, -0.1) is 0 Å². The third kappa shape index (κ3) is 3.14. The lowest BCUT2D eigenvalue weighted by Gasteiger charge is -2.17. The highest BCUT2D eigenvalue weighted by Crippen LogP contribution is 2.24. The molecule has 0 bridgehead atoms. The minimum absolute atomic E-state index is 0.0202. The molecule has 0 aliphatic rings. The van der Waals surface area contributed by atoms with Crippen LogP contribution in [0.3, 0.4) is 0 Å². The normalized spacial score (nSPS) is 12.2. The molecule has 0 radical (unpaired) electrons. The molecule has 1 atom stereocenters. The molecule has 0 aliphatic carbocycles. The van der Waals surface area contributed by atoms with E-state index in [4.69, 9.17) is 5.11 Å². The maximum absolute atomic E-state index is 13.9. The van der Waals surface area contributed by atoms with Crippen molar-refractivity contribution in [1.29, 1.82) is 0 Å². The zero-order chi connectivity index (χ0) is 14.7. The minimum atomic E-state index is -0.420. The monoisotopic (exact) mass is 277 g/mol. The maximum atomic E-state index is 13.9. The fourth-order valence-corrected chi connectivity index (χ4v) is 2.03. The summed E-state index contributed by atoms with van der Waals surface area (Å²) in [6, 6.07) is 9.23. The van der Waals surface area contributed by atoms with Crippen LogP contribution in [-0.2, 0) is 6.61 Å². The molecule has 4 heteroatoms. The Bertz CT molecular complexity index is 596. The number of hydrogen-bond donors (Lipinski definition) is 2. The number of aliphatic hydroxyl groups excluding tert-OH is 1. The first-order chi connectivity index (χ1) is 9.51. The van der Waals surface area contributed by atoms with E-state index < -0.39 is 11.6 Å². The van der Waals surface area contributed by atoms with Crippen molar-refractivity contribution in [2.24, 2.45) is 0 Å². The lowest BCUT2D eigenvalue weighted by molar-refractivity contribution is 0.282. The lowest BCUT2D eigenvalue weighted by Crippen LogP contribution is -2.09. The predicted molar refractivity (Wildman–Crippen MR) is 75.5 cm³/mol. The van der Waals surface area contributed by atoms with Crippen LogP contribution in [0.15, 0.2) is 36.4 Å². The Labute approximate surface area is 117 Å². The zero-order valence-electron chi connectivity index (χ0n) is 11.5. The second-order valence-electron chi connectivity index (χ2n) is 4.84. The summed E-state index contributed by atoms with van der Waals surface area (Å²) in [6.07, 6.45) is 0. The molecule has 2 rings (SSSR count). The molecule has 0 amide bonds. The van der Waals surface area contributed by atoms with Crippen LogP contribution in [0.4, 0.5) is 14.5 Å². The van der Waals surface area contributed by atoms with Crippen molar-refractivity contribution in [3.8, 4) is 0 Å². The van der Waals surface area contributed by atoms with Gasteiger partial charge in [0.05, 0.1) is 12.6 Å². The second kappa shape index (κ2) is 6.01. The van der Waals surface area contributed by atoms with E-state index in [-0.39, 0.29) is 12.6 Å². The molecule has 1 unspecified atom stereocenters. The van der Waals surface area contributed by atoms with E-state index in [1.165, 1.54) is 19.1 Å². The van der Waals surface area contributed by atoms with Gasteiger partial charge in [0.15, 0.2) is 0 Å². The summed E-state index contributed by atoms with van der Waals surface area (Å²) >= 11 is 0. The number of aryl methyl sites for hydroxylation is 1. The van der Waals surface area contributed by atoms with Crippen LogP contribution < -0.4 is 5.32 Å². The number of hydrogen-bond acceptors (Lipinski definition) is 2. The molecule has 2 N–H and O–H groups in total. The van der Waals surface area contributed by atoms with Gasteiger partial charge in [0.2, 0.25) is 0 Å². The number of rotatable bonds is 4. The van der Waals surface area contributed by atoms with Crippen molar-refractivity contribution >= 4 is 5.69 Å². The number of nitrogens with one attached hydrogen (secondary N) is 1. The average molecular weight is 277 g/mol. The Balaban J connectivity index is 2.18. The topological polar surface area (TPSA) is 32.3 Å². The summed E-state index contributed by atoms with van der Waals surface area (Å²) in [7, 11) is 0. The van der Waals surface area contributed by atoms with E-state index in [1.54, 1.807) is 31.2 Å². The first kappa shape index (κ1) is 14.5. The van der Waals surface area contributed by atoms with Crippen LogP contribution >= 0.6 is 0 Å². The predicted octanol–water partition coefficient (Wildman–Crippen LogP) is 3.94. The van der Waals surface area contributed by atoms with Crippen LogP contribution in [0, 0.1) is 18.6 Å². The van der Waals surface area contributed by atoms with Crippen LogP contribution in [-0.4, -0.2) is 5.11 Å². The highest BCUT2D eigenvalue weighted by Gasteiger charge is 2.13. The molecule has 2 aromatic carbocycles. The number of anilines is 1. The number of halogens is 2. The van der Waals surface area contributed by atoms with Crippen molar-refractivity contribution in [2.45, 2.75) is 26.5 Å². The third-order valence-electron chi connectivity index (χ3n) is 3.26. The summed E-state index contributed by atoms with van der Waals surface area (Å²) in [5, 5.41) is 12.1. The molecular weight excluding hydrogens is 260 g/mol. The van der Waals surface area contributed by atoms with Crippen molar-refractivity contribution in [2.75, 3.05) is 5.32 Å². The van der Waals surface area contributed by atoms with Gasteiger partial charge in [0.1, 0.15) is 11.6 Å². The molecule has 106 valence electrons. The van der Waals surface area contributed by atoms with Gasteiger partial charge in [0, 0.05) is 11.3 Å². The zero-order valence-corrected chi connectivity index (χ0v) is 11.5. The molecule has 0 aliphatic heterocycles. The fraction of sp³-hybridized carbons (Fsp3) is 0.250. The number of benzene rings is 2. The Hall–Kier alpha value is -1.94. The van der Waals surface area contributed by atoms with Gasteiger partial charge in [-0.1, -0.05) is 12.1 Å². The quantitative estimate of drug-likeness (QED) is 0.887. The lowest BCUT2D eigenvalue weighted by atomic mass is 10.0. The Morgan fingerprint density at radius 3 is 2.35 bits per heavy atom. The highest BCUT2D eigenvalue weighted by molar-refractivity contribution is 5.47. The molecule has 0 saturated heterocycles. The molecule has 0 saturated carbocycles. The standard InChI is InChI=1S/C16H17F2NO/c1-10-7-16(18)14(8-15(10)17)11(2)19-13-5-3-12(9-20)4-6-13/h3-8,11,19-20H,9H2,1-2H3. The van der Waals surface area contributed by atoms with Crippen molar-refractivity contribution in [3.63, 3.8) is 0 Å². The smallest absolute Gasteiger partial charge is 0.128 e. The van der Waals surface area contributed by atoms with E-state index in [1.807, 2.05) is 0 Å². The maximum Gasteiger partial charge on any atom is 0.128 e. The summed E-state index contributed by atoms with van der Waals surface area (Å²) < 4.78 is 27.4. The molecule has 20 heavy (non-hydrogen) atoms. The molecular formula is C16H17F2NO. The van der Waals surface area contributed by atoms with Crippen LogP contribution in [0.25, 0.3) is 0 Å². The van der Waals surface area contributed by atoms with E-state index in [0.717, 1.165) is 11.3 Å². The molecule has 0 fully saturated rings. The second-order valence-corrected chi connectivity index (χ2v) is 4.84. The number of aliphatic hydroxyl groups is 1. The Morgan fingerprint density at radius 2 is 1.75 bits per heavy atom. The summed E-state index contributed by atoms with van der Waals surface area (Å²) in [5.74, 6) is -0.832. The minimum Gasteiger partial charge on any atom is -0.392 e. The Morgan fingerprint density at radius 1 is 1.10 bits per heavy atom. The van der Waals surface area contributed by atoms with Gasteiger partial charge in [-0.2, -0.15) is 0 Å². The van der Waals surface area contributed by atoms with E-state index in [2.05, 4.69) is 5.32 Å². The molecule has 0 heterocycles. The summed E-state index contributed by atoms with van der Waals surface area (Å²) in [6.45, 7) is 3.29. The fourth-order valence-electron chi connectivity index (χ4n) is 2.03. The van der Waals surface area contributed by atoms with Gasteiger partial charge in [-0.05, 0) is 49.2 Å². The molecule has 0 spiro atoms. The molecule has 2 nitrogen and oxygen atoms in total. The third-order valence-corrected chi connectivity index (χ3v) is 3.26. The van der Waals surface area contributed by atoms with Gasteiger partial charge < -0.3 is 10.4 Å². The van der Waals surface area contributed by atoms with Gasteiger partial charge in [-0.25, -0.2) is 8.78 Å². The van der Waals surface area contributed by atoms with Crippen LogP contribution in [0.1, 0.15) is 29.7 Å². The van der Waals surface area contributed by atoms with Crippen LogP contribution in [0.5, 0.6) is 0 Å². The summed E-state index contributed by atoms with van der Waals surface area (Å²) in [4.78, 5) is 0.